The maximum Gasteiger partial charge on any atom is 0.275 e. The van der Waals surface area contributed by atoms with Crippen LogP contribution in [0.4, 0.5) is 4.39 Å². The predicted octanol–water partition coefficient (Wildman–Crippen LogP) is 2.01. The number of H-pyrrole nitrogens is 1. The second kappa shape index (κ2) is 11.7. The molecular formula is C25H34FN5O5S. The van der Waals surface area contributed by atoms with Crippen LogP contribution in [0.2, 0.25) is 0 Å². The number of ether oxygens (including phenoxy) is 1. The Hall–Kier alpha value is -2.80. The highest BCUT2D eigenvalue weighted by Gasteiger charge is 2.29. The molecule has 1 fully saturated rings. The highest BCUT2D eigenvalue weighted by Crippen LogP contribution is 2.32. The van der Waals surface area contributed by atoms with Gasteiger partial charge in [-0.25, -0.2) is 13.4 Å². The quantitative estimate of drug-likeness (QED) is 0.385. The lowest BCUT2D eigenvalue weighted by Gasteiger charge is -2.33. The molecule has 1 aliphatic heterocycles. The van der Waals surface area contributed by atoms with Gasteiger partial charge < -0.3 is 19.4 Å². The van der Waals surface area contributed by atoms with Gasteiger partial charge in [-0.2, -0.15) is 4.31 Å². The Kier molecular flexibility index (Phi) is 8.63. The summed E-state index contributed by atoms with van der Waals surface area (Å²) in [5.41, 5.74) is 1.65. The second-order valence-corrected chi connectivity index (χ2v) is 10.8. The highest BCUT2D eigenvalue weighted by molar-refractivity contribution is 7.89. The summed E-state index contributed by atoms with van der Waals surface area (Å²) >= 11 is 0. The molecule has 0 atom stereocenters. The lowest BCUT2D eigenvalue weighted by atomic mass is 10.1. The third-order valence-corrected chi connectivity index (χ3v) is 8.50. The summed E-state index contributed by atoms with van der Waals surface area (Å²) in [7, 11) is -3.81. The van der Waals surface area contributed by atoms with Crippen molar-refractivity contribution in [2.24, 2.45) is 0 Å². The number of rotatable bonds is 11. The van der Waals surface area contributed by atoms with Crippen LogP contribution in [0, 0.1) is 0 Å². The van der Waals surface area contributed by atoms with E-state index in [1.807, 2.05) is 24.9 Å². The summed E-state index contributed by atoms with van der Waals surface area (Å²) in [5.74, 6) is 0.595. The summed E-state index contributed by atoms with van der Waals surface area (Å²) in [5, 5.41) is 9.16. The number of aliphatic hydroxyl groups excluding tert-OH is 1. The standard InChI is InChI=1S/C25H34FN5O5S/c1-3-30-17-18(6-5-9-26)22-23(30)25(33)28-24(27-22)20-16-19(7-8-21(20)36-4-2)37(34,35)31-12-10-29(11-13-31)14-15-32/h7-8,16-17,32H,3-6,9-15H2,1-2H3,(H,27,28,33). The lowest BCUT2D eigenvalue weighted by molar-refractivity contribution is 0.151. The van der Waals surface area contributed by atoms with Crippen molar-refractivity contribution in [2.45, 2.75) is 38.1 Å². The Bertz CT molecular complexity index is 1400. The van der Waals surface area contributed by atoms with E-state index in [1.165, 1.54) is 16.4 Å². The smallest absolute Gasteiger partial charge is 0.275 e. The summed E-state index contributed by atoms with van der Waals surface area (Å²) in [4.78, 5) is 22.8. The van der Waals surface area contributed by atoms with Crippen molar-refractivity contribution >= 4 is 21.1 Å². The fraction of sp³-hybridized carbons (Fsp3) is 0.520. The molecule has 0 saturated carbocycles. The van der Waals surface area contributed by atoms with Gasteiger partial charge in [0.2, 0.25) is 10.0 Å². The summed E-state index contributed by atoms with van der Waals surface area (Å²) in [6.07, 6.45) is 2.58. The SMILES string of the molecule is CCOc1ccc(S(=O)(=O)N2CCN(CCO)CC2)cc1-c1nc2c(CCCF)cn(CC)c2c(=O)[nH]1. The molecule has 0 aliphatic carbocycles. The first-order chi connectivity index (χ1) is 17.8. The molecule has 0 radical (unpaired) electrons. The van der Waals surface area contributed by atoms with Gasteiger partial charge in [0, 0.05) is 45.5 Å². The molecule has 1 saturated heterocycles. The van der Waals surface area contributed by atoms with Crippen molar-refractivity contribution in [3.63, 3.8) is 0 Å². The van der Waals surface area contributed by atoms with E-state index in [9.17, 15) is 17.6 Å². The number of alkyl halides is 1. The van der Waals surface area contributed by atoms with Gasteiger partial charge in [-0.1, -0.05) is 0 Å². The molecule has 2 aromatic heterocycles. The first kappa shape index (κ1) is 27.2. The molecule has 3 aromatic rings. The van der Waals surface area contributed by atoms with Crippen molar-refractivity contribution in [3.8, 4) is 17.1 Å². The maximum atomic E-state index is 13.5. The van der Waals surface area contributed by atoms with Crippen LogP contribution in [0.5, 0.6) is 5.75 Å². The number of sulfonamides is 1. The molecule has 1 aliphatic rings. The highest BCUT2D eigenvalue weighted by atomic mass is 32.2. The fourth-order valence-electron chi connectivity index (χ4n) is 4.71. The molecule has 3 heterocycles. The molecule has 0 unspecified atom stereocenters. The van der Waals surface area contributed by atoms with Crippen LogP contribution in [0.25, 0.3) is 22.4 Å². The number of nitrogens with zero attached hydrogens (tertiary/aromatic N) is 4. The number of hydrogen-bond acceptors (Lipinski definition) is 7. The van der Waals surface area contributed by atoms with Gasteiger partial charge in [0.05, 0.1) is 35.9 Å². The van der Waals surface area contributed by atoms with Gasteiger partial charge in [-0.05, 0) is 50.5 Å². The molecule has 1 aromatic carbocycles. The third-order valence-electron chi connectivity index (χ3n) is 6.61. The average molecular weight is 536 g/mol. The van der Waals surface area contributed by atoms with Crippen LogP contribution < -0.4 is 10.3 Å². The van der Waals surface area contributed by atoms with Crippen molar-refractivity contribution in [3.05, 3.63) is 40.3 Å². The number of aliphatic hydroxyl groups is 1. The van der Waals surface area contributed by atoms with Gasteiger partial charge >= 0.3 is 0 Å². The van der Waals surface area contributed by atoms with E-state index in [0.29, 0.717) is 81.1 Å². The minimum absolute atomic E-state index is 0.0294. The zero-order valence-corrected chi connectivity index (χ0v) is 22.1. The number of β-amino-alcohol motifs (C(OH)–C–C–N with tert-alkyl or cyclic N) is 1. The number of benzene rings is 1. The molecule has 0 bridgehead atoms. The first-order valence-electron chi connectivity index (χ1n) is 12.6. The van der Waals surface area contributed by atoms with Crippen LogP contribution in [-0.2, 0) is 23.0 Å². The van der Waals surface area contributed by atoms with Gasteiger partial charge in [0.25, 0.3) is 5.56 Å². The molecule has 4 rings (SSSR count). The number of piperazine rings is 1. The number of halogens is 1. The van der Waals surface area contributed by atoms with Crippen LogP contribution in [0.1, 0.15) is 25.8 Å². The normalized spacial score (nSPS) is 15.5. The van der Waals surface area contributed by atoms with Gasteiger partial charge in [0.15, 0.2) is 0 Å². The number of fused-ring (bicyclic) bond motifs is 1. The van der Waals surface area contributed by atoms with Crippen molar-refractivity contribution < 1.29 is 22.7 Å². The van der Waals surface area contributed by atoms with E-state index in [1.54, 1.807) is 10.6 Å². The molecule has 37 heavy (non-hydrogen) atoms. The Morgan fingerprint density at radius 2 is 1.95 bits per heavy atom. The maximum absolute atomic E-state index is 13.5. The number of hydrogen-bond donors (Lipinski definition) is 2. The number of aromatic nitrogens is 3. The zero-order valence-electron chi connectivity index (χ0n) is 21.2. The molecule has 0 spiro atoms. The molecular weight excluding hydrogens is 501 g/mol. The first-order valence-corrected chi connectivity index (χ1v) is 14.1. The van der Waals surface area contributed by atoms with E-state index in [4.69, 9.17) is 14.8 Å². The average Bonchev–Trinajstić information content (AvgIpc) is 3.26. The third kappa shape index (κ3) is 5.57. The molecule has 0 amide bonds. The van der Waals surface area contributed by atoms with Crippen LogP contribution in [0.15, 0.2) is 34.1 Å². The molecule has 2 N–H and O–H groups in total. The fourth-order valence-corrected chi connectivity index (χ4v) is 6.16. The van der Waals surface area contributed by atoms with Crippen LogP contribution in [-0.4, -0.2) is 89.9 Å². The van der Waals surface area contributed by atoms with Crippen molar-refractivity contribution in [2.75, 3.05) is 52.6 Å². The molecule has 10 nitrogen and oxygen atoms in total. The van der Waals surface area contributed by atoms with Gasteiger partial charge in [0.1, 0.15) is 17.1 Å². The molecule has 202 valence electrons. The van der Waals surface area contributed by atoms with E-state index >= 15 is 0 Å². The Morgan fingerprint density at radius 1 is 1.19 bits per heavy atom. The Balaban J connectivity index is 1.78. The summed E-state index contributed by atoms with van der Waals surface area (Å²) in [6, 6.07) is 4.57. The van der Waals surface area contributed by atoms with Crippen molar-refractivity contribution in [1.29, 1.82) is 0 Å². The topological polar surface area (TPSA) is 121 Å². The summed E-state index contributed by atoms with van der Waals surface area (Å²) < 4.78 is 48.9. The Morgan fingerprint density at radius 3 is 2.59 bits per heavy atom. The van der Waals surface area contributed by atoms with Gasteiger partial charge in [-0.15, -0.1) is 0 Å². The molecule has 12 heteroatoms. The minimum Gasteiger partial charge on any atom is -0.493 e. The minimum atomic E-state index is -3.81. The van der Waals surface area contributed by atoms with Crippen LogP contribution in [0.3, 0.4) is 0 Å². The zero-order chi connectivity index (χ0) is 26.6. The van der Waals surface area contributed by atoms with Crippen LogP contribution >= 0.6 is 0 Å². The number of aryl methyl sites for hydroxylation is 2. The van der Waals surface area contributed by atoms with E-state index in [0.717, 1.165) is 5.56 Å². The number of nitrogens with one attached hydrogen (secondary N) is 1. The van der Waals surface area contributed by atoms with E-state index in [2.05, 4.69) is 4.98 Å². The van der Waals surface area contributed by atoms with Crippen molar-refractivity contribution in [1.82, 2.24) is 23.7 Å². The second-order valence-electron chi connectivity index (χ2n) is 8.90. The largest absolute Gasteiger partial charge is 0.493 e. The van der Waals surface area contributed by atoms with E-state index in [-0.39, 0.29) is 22.9 Å². The van der Waals surface area contributed by atoms with Gasteiger partial charge in [-0.3, -0.25) is 14.1 Å². The summed E-state index contributed by atoms with van der Waals surface area (Å²) in [6.45, 7) is 6.38. The Labute approximate surface area is 215 Å². The predicted molar refractivity (Wildman–Crippen MR) is 139 cm³/mol. The number of aromatic amines is 1. The lowest BCUT2D eigenvalue weighted by Crippen LogP contribution is -2.49. The monoisotopic (exact) mass is 535 g/mol. The van der Waals surface area contributed by atoms with E-state index < -0.39 is 16.7 Å².